The van der Waals surface area contributed by atoms with E-state index in [1.807, 2.05) is 18.2 Å². The highest BCUT2D eigenvalue weighted by Gasteiger charge is 2.04. The average molecular weight is 308 g/mol. The Morgan fingerprint density at radius 3 is 2.52 bits per heavy atom. The fourth-order valence-electron chi connectivity index (χ4n) is 2.18. The summed E-state index contributed by atoms with van der Waals surface area (Å²) in [6.45, 7) is 0.764. The first-order valence-corrected chi connectivity index (χ1v) is 7.44. The summed E-state index contributed by atoms with van der Waals surface area (Å²) in [6, 6.07) is 18.5. The molecule has 0 radical (unpaired) electrons. The predicted molar refractivity (Wildman–Crippen MR) is 90.4 cm³/mol. The molecule has 2 N–H and O–H groups in total. The van der Waals surface area contributed by atoms with Gasteiger partial charge in [-0.05, 0) is 30.2 Å². The van der Waals surface area contributed by atoms with E-state index in [1.54, 1.807) is 30.5 Å². The molecule has 0 saturated heterocycles. The van der Waals surface area contributed by atoms with Crippen LogP contribution in [0.3, 0.4) is 0 Å². The fourth-order valence-corrected chi connectivity index (χ4v) is 2.18. The molecule has 23 heavy (non-hydrogen) atoms. The minimum Gasteiger partial charge on any atom is -0.370 e. The van der Waals surface area contributed by atoms with Gasteiger partial charge in [0.2, 0.25) is 5.95 Å². The minimum absolute atomic E-state index is 0.335. The Hall–Kier alpha value is -2.95. The molecule has 116 valence electrons. The van der Waals surface area contributed by atoms with Crippen LogP contribution in [0.25, 0.3) is 0 Å². The lowest BCUT2D eigenvalue weighted by atomic mass is 10.1. The van der Waals surface area contributed by atoms with Crippen molar-refractivity contribution in [1.82, 2.24) is 9.97 Å². The number of benzene rings is 2. The van der Waals surface area contributed by atoms with Crippen LogP contribution in [-0.2, 0) is 6.42 Å². The number of aromatic nitrogens is 2. The van der Waals surface area contributed by atoms with Crippen LogP contribution in [0.5, 0.6) is 0 Å². The first kappa shape index (κ1) is 15.0. The van der Waals surface area contributed by atoms with Gasteiger partial charge in [-0.3, -0.25) is 0 Å². The molecule has 2 aromatic carbocycles. The second-order valence-corrected chi connectivity index (χ2v) is 5.03. The second-order valence-electron chi connectivity index (χ2n) is 5.03. The molecule has 0 aliphatic heterocycles. The smallest absolute Gasteiger partial charge is 0.229 e. The number of nitrogens with one attached hydrogen (secondary N) is 2. The molecule has 3 aromatic rings. The molecule has 3 rings (SSSR count). The summed E-state index contributed by atoms with van der Waals surface area (Å²) in [5.74, 6) is 0.730. The molecule has 1 aromatic heterocycles. The number of nitrogens with zero attached hydrogens (tertiary/aromatic N) is 2. The first-order chi connectivity index (χ1) is 11.3. The minimum atomic E-state index is -0.335. The molecule has 4 nitrogen and oxygen atoms in total. The zero-order valence-electron chi connectivity index (χ0n) is 12.5. The van der Waals surface area contributed by atoms with E-state index >= 15 is 0 Å². The van der Waals surface area contributed by atoms with Crippen molar-refractivity contribution in [2.45, 2.75) is 6.42 Å². The summed E-state index contributed by atoms with van der Waals surface area (Å²) in [4.78, 5) is 8.45. The first-order valence-electron chi connectivity index (χ1n) is 7.44. The molecule has 0 unspecified atom stereocenters. The predicted octanol–water partition coefficient (Wildman–Crippen LogP) is 4.01. The summed E-state index contributed by atoms with van der Waals surface area (Å²) in [6.07, 6.45) is 2.54. The Morgan fingerprint density at radius 1 is 0.913 bits per heavy atom. The number of halogens is 1. The van der Waals surface area contributed by atoms with Gasteiger partial charge in [0.1, 0.15) is 11.6 Å². The lowest BCUT2D eigenvalue weighted by molar-refractivity contribution is 0.631. The van der Waals surface area contributed by atoms with Gasteiger partial charge in [-0.25, -0.2) is 9.37 Å². The van der Waals surface area contributed by atoms with Crippen LogP contribution in [0.2, 0.25) is 0 Å². The lowest BCUT2D eigenvalue weighted by Crippen LogP contribution is -2.08. The third-order valence-electron chi connectivity index (χ3n) is 3.34. The Balaban J connectivity index is 1.60. The Labute approximate surface area is 134 Å². The van der Waals surface area contributed by atoms with Gasteiger partial charge in [0.15, 0.2) is 0 Å². The van der Waals surface area contributed by atoms with Gasteiger partial charge in [-0.15, -0.1) is 0 Å². The number of para-hydroxylation sites is 1. The van der Waals surface area contributed by atoms with Crippen molar-refractivity contribution in [3.63, 3.8) is 0 Å². The third-order valence-corrected chi connectivity index (χ3v) is 3.34. The van der Waals surface area contributed by atoms with Crippen molar-refractivity contribution in [3.8, 4) is 0 Å². The molecule has 0 saturated carbocycles. The summed E-state index contributed by atoms with van der Waals surface area (Å²) >= 11 is 0. The van der Waals surface area contributed by atoms with Crippen molar-refractivity contribution >= 4 is 17.5 Å². The van der Waals surface area contributed by atoms with Crippen molar-refractivity contribution in [3.05, 3.63) is 78.2 Å². The second kappa shape index (κ2) is 7.35. The molecule has 0 bridgehead atoms. The van der Waals surface area contributed by atoms with Crippen LogP contribution < -0.4 is 10.6 Å². The molecule has 0 fully saturated rings. The average Bonchev–Trinajstić information content (AvgIpc) is 2.58. The van der Waals surface area contributed by atoms with Crippen LogP contribution in [0, 0.1) is 5.82 Å². The topological polar surface area (TPSA) is 49.8 Å². The van der Waals surface area contributed by atoms with E-state index in [1.165, 1.54) is 11.6 Å². The van der Waals surface area contributed by atoms with Crippen LogP contribution in [-0.4, -0.2) is 16.5 Å². The maximum Gasteiger partial charge on any atom is 0.229 e. The summed E-state index contributed by atoms with van der Waals surface area (Å²) < 4.78 is 13.6. The van der Waals surface area contributed by atoms with E-state index in [2.05, 4.69) is 32.7 Å². The molecular weight excluding hydrogens is 291 g/mol. The Bertz CT molecular complexity index is 762. The summed E-state index contributed by atoms with van der Waals surface area (Å²) in [7, 11) is 0. The molecule has 0 aliphatic rings. The van der Waals surface area contributed by atoms with Gasteiger partial charge >= 0.3 is 0 Å². The summed E-state index contributed by atoms with van der Waals surface area (Å²) in [5.41, 5.74) is 1.62. The van der Waals surface area contributed by atoms with Gasteiger partial charge in [0.05, 0.1) is 5.69 Å². The zero-order valence-corrected chi connectivity index (χ0v) is 12.5. The largest absolute Gasteiger partial charge is 0.370 e. The third kappa shape index (κ3) is 4.26. The Morgan fingerprint density at radius 2 is 1.70 bits per heavy atom. The van der Waals surface area contributed by atoms with E-state index in [0.717, 1.165) is 13.0 Å². The highest BCUT2D eigenvalue weighted by molar-refractivity contribution is 5.55. The van der Waals surface area contributed by atoms with Crippen LogP contribution >= 0.6 is 0 Å². The number of anilines is 3. The summed E-state index contributed by atoms with van der Waals surface area (Å²) in [5, 5.41) is 6.13. The number of hydrogen-bond acceptors (Lipinski definition) is 4. The SMILES string of the molecule is Fc1ccccc1Nc1nccc(NCCc2ccccc2)n1. The highest BCUT2D eigenvalue weighted by atomic mass is 19.1. The van der Waals surface area contributed by atoms with Gasteiger partial charge < -0.3 is 10.6 Å². The normalized spacial score (nSPS) is 10.3. The van der Waals surface area contributed by atoms with Crippen molar-refractivity contribution < 1.29 is 4.39 Å². The van der Waals surface area contributed by atoms with Crippen molar-refractivity contribution in [2.24, 2.45) is 0 Å². The van der Waals surface area contributed by atoms with Crippen LogP contribution in [0.4, 0.5) is 21.8 Å². The highest BCUT2D eigenvalue weighted by Crippen LogP contribution is 2.17. The maximum absolute atomic E-state index is 13.6. The Kier molecular flexibility index (Phi) is 4.79. The van der Waals surface area contributed by atoms with Crippen molar-refractivity contribution in [1.29, 1.82) is 0 Å². The van der Waals surface area contributed by atoms with Gasteiger partial charge in [0, 0.05) is 12.7 Å². The molecule has 5 heteroatoms. The maximum atomic E-state index is 13.6. The van der Waals surface area contributed by atoms with Gasteiger partial charge in [0.25, 0.3) is 0 Å². The van der Waals surface area contributed by atoms with Crippen LogP contribution in [0.15, 0.2) is 66.9 Å². The molecular formula is C18H17FN4. The standard InChI is InChI=1S/C18H17FN4/c19-15-8-4-5-9-16(15)22-18-21-13-11-17(23-18)20-12-10-14-6-2-1-3-7-14/h1-9,11,13H,10,12H2,(H2,20,21,22,23). The van der Waals surface area contributed by atoms with E-state index in [4.69, 9.17) is 0 Å². The van der Waals surface area contributed by atoms with Gasteiger partial charge in [-0.1, -0.05) is 42.5 Å². The van der Waals surface area contributed by atoms with Gasteiger partial charge in [-0.2, -0.15) is 4.98 Å². The molecule has 0 atom stereocenters. The number of hydrogen-bond donors (Lipinski definition) is 2. The van der Waals surface area contributed by atoms with E-state index < -0.39 is 0 Å². The molecule has 1 heterocycles. The van der Waals surface area contributed by atoms with Crippen molar-refractivity contribution in [2.75, 3.05) is 17.2 Å². The quantitative estimate of drug-likeness (QED) is 0.722. The monoisotopic (exact) mass is 308 g/mol. The molecule has 0 spiro atoms. The molecule has 0 aliphatic carbocycles. The lowest BCUT2D eigenvalue weighted by Gasteiger charge is -2.09. The van der Waals surface area contributed by atoms with E-state index in [0.29, 0.717) is 17.5 Å². The van der Waals surface area contributed by atoms with E-state index in [9.17, 15) is 4.39 Å². The van der Waals surface area contributed by atoms with E-state index in [-0.39, 0.29) is 5.82 Å². The zero-order chi connectivity index (χ0) is 15.9. The van der Waals surface area contributed by atoms with Crippen LogP contribution in [0.1, 0.15) is 5.56 Å². The fraction of sp³-hybridized carbons (Fsp3) is 0.111. The number of rotatable bonds is 6. The molecule has 0 amide bonds.